The second kappa shape index (κ2) is 5.01. The average Bonchev–Trinajstić information content (AvgIpc) is 2.92. The Balaban J connectivity index is 1.51. The van der Waals surface area contributed by atoms with Gasteiger partial charge in [-0.25, -0.2) is 0 Å². The van der Waals surface area contributed by atoms with Crippen molar-refractivity contribution in [2.45, 2.75) is 38.4 Å². The van der Waals surface area contributed by atoms with Gasteiger partial charge in [-0.2, -0.15) is 0 Å². The van der Waals surface area contributed by atoms with Crippen LogP contribution in [0, 0.1) is 11.3 Å². The number of benzene rings is 1. The van der Waals surface area contributed by atoms with E-state index in [0.29, 0.717) is 11.3 Å². The minimum atomic E-state index is 0.0497. The summed E-state index contributed by atoms with van der Waals surface area (Å²) in [5.74, 6) is 0.574. The molecule has 0 bridgehead atoms. The molecule has 1 heterocycles. The van der Waals surface area contributed by atoms with Crippen LogP contribution in [-0.4, -0.2) is 19.5 Å². The molecule has 2 aliphatic carbocycles. The fraction of sp³-hybridized carbons (Fsp3) is 0.556. The van der Waals surface area contributed by atoms with Gasteiger partial charge in [-0.1, -0.05) is 36.4 Å². The molecule has 2 nitrogen and oxygen atoms in total. The van der Waals surface area contributed by atoms with Gasteiger partial charge in [0.15, 0.2) is 6.29 Å². The smallest absolute Gasteiger partial charge is 0.160 e. The lowest BCUT2D eigenvalue weighted by Crippen LogP contribution is -2.32. The van der Waals surface area contributed by atoms with Crippen molar-refractivity contribution in [1.82, 2.24) is 0 Å². The highest BCUT2D eigenvalue weighted by molar-refractivity contribution is 5.58. The zero-order valence-corrected chi connectivity index (χ0v) is 11.9. The second-order valence-corrected chi connectivity index (χ2v) is 6.54. The molecule has 1 aromatic carbocycles. The molecule has 1 saturated carbocycles. The van der Waals surface area contributed by atoms with Crippen LogP contribution >= 0.6 is 0 Å². The van der Waals surface area contributed by atoms with Gasteiger partial charge in [0, 0.05) is 5.92 Å². The predicted octanol–water partition coefficient (Wildman–Crippen LogP) is 3.81. The first kappa shape index (κ1) is 12.6. The molecule has 20 heavy (non-hydrogen) atoms. The van der Waals surface area contributed by atoms with Gasteiger partial charge >= 0.3 is 0 Å². The van der Waals surface area contributed by atoms with Gasteiger partial charge in [-0.3, -0.25) is 0 Å². The molecule has 0 aromatic heterocycles. The summed E-state index contributed by atoms with van der Waals surface area (Å²) in [5, 5.41) is 0. The SMILES string of the molecule is C1=CC2(CCC(C3OCCCO3)C2)Cc2ccccc21. The zero-order valence-electron chi connectivity index (χ0n) is 11.9. The van der Waals surface area contributed by atoms with E-state index in [4.69, 9.17) is 9.47 Å². The molecule has 106 valence electrons. The predicted molar refractivity (Wildman–Crippen MR) is 79.3 cm³/mol. The van der Waals surface area contributed by atoms with Crippen LogP contribution in [0.15, 0.2) is 30.3 Å². The van der Waals surface area contributed by atoms with Gasteiger partial charge in [0.25, 0.3) is 0 Å². The van der Waals surface area contributed by atoms with Gasteiger partial charge < -0.3 is 9.47 Å². The quantitative estimate of drug-likeness (QED) is 0.772. The molecule has 1 spiro atoms. The summed E-state index contributed by atoms with van der Waals surface area (Å²) in [5.41, 5.74) is 3.25. The van der Waals surface area contributed by atoms with E-state index in [-0.39, 0.29) is 6.29 Å². The number of allylic oxidation sites excluding steroid dienone is 1. The second-order valence-electron chi connectivity index (χ2n) is 6.54. The lowest BCUT2D eigenvalue weighted by Gasteiger charge is -2.32. The molecular weight excluding hydrogens is 248 g/mol. The third-order valence-corrected chi connectivity index (χ3v) is 5.13. The largest absolute Gasteiger partial charge is 0.352 e. The molecule has 2 unspecified atom stereocenters. The van der Waals surface area contributed by atoms with Crippen LogP contribution in [0.3, 0.4) is 0 Å². The van der Waals surface area contributed by atoms with Crippen LogP contribution in [-0.2, 0) is 15.9 Å². The first-order valence-corrected chi connectivity index (χ1v) is 7.85. The maximum atomic E-state index is 5.82. The maximum absolute atomic E-state index is 5.82. The van der Waals surface area contributed by atoms with Crippen molar-refractivity contribution >= 4 is 6.08 Å². The molecule has 0 amide bonds. The van der Waals surface area contributed by atoms with Crippen molar-refractivity contribution in [3.63, 3.8) is 0 Å². The van der Waals surface area contributed by atoms with Crippen LogP contribution < -0.4 is 0 Å². The fourth-order valence-corrected chi connectivity index (χ4v) is 4.08. The van der Waals surface area contributed by atoms with Crippen LogP contribution in [0.2, 0.25) is 0 Å². The highest BCUT2D eigenvalue weighted by atomic mass is 16.7. The van der Waals surface area contributed by atoms with E-state index in [1.165, 1.54) is 36.8 Å². The Morgan fingerprint density at radius 1 is 1.10 bits per heavy atom. The molecule has 1 aliphatic heterocycles. The van der Waals surface area contributed by atoms with Gasteiger partial charge in [-0.05, 0) is 48.6 Å². The Bertz CT molecular complexity index is 516. The lowest BCUT2D eigenvalue weighted by atomic mass is 9.74. The lowest BCUT2D eigenvalue weighted by molar-refractivity contribution is -0.204. The molecule has 1 aromatic rings. The normalized spacial score (nSPS) is 33.5. The van der Waals surface area contributed by atoms with Crippen molar-refractivity contribution in [2.75, 3.05) is 13.2 Å². The fourth-order valence-electron chi connectivity index (χ4n) is 4.08. The van der Waals surface area contributed by atoms with Crippen molar-refractivity contribution in [2.24, 2.45) is 11.3 Å². The van der Waals surface area contributed by atoms with Crippen LogP contribution in [0.5, 0.6) is 0 Å². The Kier molecular flexibility index (Phi) is 3.16. The first-order valence-electron chi connectivity index (χ1n) is 7.85. The summed E-state index contributed by atoms with van der Waals surface area (Å²) in [6.07, 6.45) is 10.8. The van der Waals surface area contributed by atoms with Crippen LogP contribution in [0.1, 0.15) is 36.8 Å². The summed E-state index contributed by atoms with van der Waals surface area (Å²) in [7, 11) is 0. The minimum Gasteiger partial charge on any atom is -0.352 e. The average molecular weight is 270 g/mol. The van der Waals surface area contributed by atoms with Crippen LogP contribution in [0.4, 0.5) is 0 Å². The van der Waals surface area contributed by atoms with Crippen molar-refractivity contribution in [1.29, 1.82) is 0 Å². The molecule has 2 atom stereocenters. The minimum absolute atomic E-state index is 0.0497. The molecule has 0 radical (unpaired) electrons. The van der Waals surface area contributed by atoms with Crippen molar-refractivity contribution in [3.05, 3.63) is 41.5 Å². The Morgan fingerprint density at radius 3 is 2.85 bits per heavy atom. The topological polar surface area (TPSA) is 18.5 Å². The molecule has 1 saturated heterocycles. The number of rotatable bonds is 1. The first-order chi connectivity index (χ1) is 9.85. The molecule has 0 N–H and O–H groups in total. The highest BCUT2D eigenvalue weighted by Crippen LogP contribution is 2.49. The van der Waals surface area contributed by atoms with Crippen molar-refractivity contribution in [3.8, 4) is 0 Å². The molecule has 4 rings (SSSR count). The Morgan fingerprint density at radius 2 is 1.95 bits per heavy atom. The van der Waals surface area contributed by atoms with Gasteiger partial charge in [-0.15, -0.1) is 0 Å². The maximum Gasteiger partial charge on any atom is 0.160 e. The highest BCUT2D eigenvalue weighted by Gasteiger charge is 2.42. The number of ether oxygens (including phenoxy) is 2. The number of fused-ring (bicyclic) bond motifs is 1. The monoisotopic (exact) mass is 270 g/mol. The summed E-state index contributed by atoms with van der Waals surface area (Å²) >= 11 is 0. The summed E-state index contributed by atoms with van der Waals surface area (Å²) in [4.78, 5) is 0. The molecule has 3 aliphatic rings. The summed E-state index contributed by atoms with van der Waals surface area (Å²) in [6.45, 7) is 1.74. The zero-order chi connectivity index (χ0) is 13.4. The Labute approximate surface area is 120 Å². The van der Waals surface area contributed by atoms with E-state index in [2.05, 4.69) is 36.4 Å². The van der Waals surface area contributed by atoms with E-state index in [1.807, 2.05) is 0 Å². The molecule has 2 fully saturated rings. The molecule has 2 heteroatoms. The Hall–Kier alpha value is -1.12. The van der Waals surface area contributed by atoms with E-state index >= 15 is 0 Å². The van der Waals surface area contributed by atoms with Crippen LogP contribution in [0.25, 0.3) is 6.08 Å². The van der Waals surface area contributed by atoms with Gasteiger partial charge in [0.2, 0.25) is 0 Å². The molecular formula is C18H22O2. The van der Waals surface area contributed by atoms with E-state index in [1.54, 1.807) is 0 Å². The third kappa shape index (κ3) is 2.21. The third-order valence-electron chi connectivity index (χ3n) is 5.13. The standard InChI is InChI=1S/C18H22O2/c1-2-5-15-12-18(8-6-14(15)4-1)9-7-16(13-18)17-19-10-3-11-20-17/h1-2,4-6,8,16-17H,3,7,9-13H2. The van der Waals surface area contributed by atoms with Gasteiger partial charge in [0.05, 0.1) is 13.2 Å². The van der Waals surface area contributed by atoms with Gasteiger partial charge in [0.1, 0.15) is 0 Å². The van der Waals surface area contributed by atoms with E-state index in [9.17, 15) is 0 Å². The van der Waals surface area contributed by atoms with E-state index < -0.39 is 0 Å². The number of hydrogen-bond acceptors (Lipinski definition) is 2. The summed E-state index contributed by atoms with van der Waals surface area (Å²) < 4.78 is 11.6. The van der Waals surface area contributed by atoms with E-state index in [0.717, 1.165) is 19.6 Å². The summed E-state index contributed by atoms with van der Waals surface area (Å²) in [6, 6.07) is 8.79. The van der Waals surface area contributed by atoms with Crippen molar-refractivity contribution < 1.29 is 9.47 Å². The number of hydrogen-bond donors (Lipinski definition) is 0.